The standard InChI is InChI=1S/C18H17N7O7S4/c1-32-23-10(8-5-34-17(20-8)19-6-27)13(28)22-11-14(29)25-12(16(30)31)7(3-33-15(11)25)4-35-18-21-9(2-26)24-36-18/h5-6,11,15,26H,2-4H2,1H3,(H,22,28)(H,30,31)(H,19,20,27)/t11?,15-/m1/s1. The Balaban J connectivity index is 1.47. The third kappa shape index (κ3) is 5.21. The predicted octanol–water partition coefficient (Wildman–Crippen LogP) is -0.0634. The summed E-state index contributed by atoms with van der Waals surface area (Å²) in [7, 11) is 1.24. The van der Waals surface area contributed by atoms with Crippen LogP contribution in [0.1, 0.15) is 11.5 Å². The van der Waals surface area contributed by atoms with Crippen LogP contribution in [0, 0.1) is 0 Å². The van der Waals surface area contributed by atoms with E-state index < -0.39 is 29.2 Å². The topological polar surface area (TPSA) is 196 Å². The molecular formula is C18H17N7O7S4. The van der Waals surface area contributed by atoms with Gasteiger partial charge in [0.1, 0.15) is 36.5 Å². The van der Waals surface area contributed by atoms with Gasteiger partial charge in [0.05, 0.1) is 0 Å². The number of aliphatic hydroxyl groups excluding tert-OH is 1. The summed E-state index contributed by atoms with van der Waals surface area (Å²) in [5.41, 5.74) is 0.343. The molecule has 4 rings (SSSR count). The number of anilines is 1. The molecule has 0 radical (unpaired) electrons. The lowest BCUT2D eigenvalue weighted by Gasteiger charge is -2.49. The molecule has 4 heterocycles. The van der Waals surface area contributed by atoms with E-state index in [2.05, 4.69) is 30.1 Å². The van der Waals surface area contributed by atoms with Gasteiger partial charge in [0.15, 0.2) is 21.0 Å². The van der Waals surface area contributed by atoms with Crippen LogP contribution in [-0.2, 0) is 30.6 Å². The predicted molar refractivity (Wildman–Crippen MR) is 132 cm³/mol. The van der Waals surface area contributed by atoms with Gasteiger partial charge in [-0.2, -0.15) is 4.37 Å². The smallest absolute Gasteiger partial charge is 0.352 e. The van der Waals surface area contributed by atoms with E-state index in [-0.39, 0.29) is 40.4 Å². The number of carbonyl (C=O) groups is 4. The van der Waals surface area contributed by atoms with Crippen LogP contribution >= 0.6 is 46.4 Å². The summed E-state index contributed by atoms with van der Waals surface area (Å²) >= 11 is 4.75. The Morgan fingerprint density at radius 3 is 2.89 bits per heavy atom. The van der Waals surface area contributed by atoms with E-state index in [1.165, 1.54) is 40.9 Å². The monoisotopic (exact) mass is 571 g/mol. The summed E-state index contributed by atoms with van der Waals surface area (Å²) < 4.78 is 4.55. The average Bonchev–Trinajstić information content (AvgIpc) is 3.53. The van der Waals surface area contributed by atoms with Crippen LogP contribution in [0.4, 0.5) is 5.13 Å². The van der Waals surface area contributed by atoms with Crippen molar-refractivity contribution in [3.05, 3.63) is 28.2 Å². The molecule has 14 nitrogen and oxygen atoms in total. The van der Waals surface area contributed by atoms with E-state index in [4.69, 9.17) is 9.94 Å². The lowest BCUT2D eigenvalue weighted by Crippen LogP contribution is -2.71. The Hall–Kier alpha value is -3.06. The minimum atomic E-state index is -1.25. The van der Waals surface area contributed by atoms with E-state index >= 15 is 0 Å². The second kappa shape index (κ2) is 11.3. The summed E-state index contributed by atoms with van der Waals surface area (Å²) in [5, 5.41) is 28.7. The molecule has 2 aliphatic rings. The van der Waals surface area contributed by atoms with Gasteiger partial charge in [0, 0.05) is 16.9 Å². The summed E-state index contributed by atoms with van der Waals surface area (Å²) in [4.78, 5) is 62.6. The number of carbonyl (C=O) groups excluding carboxylic acids is 3. The third-order valence-corrected chi connectivity index (χ3v) is 8.89. The number of thioether (sulfide) groups is 2. The van der Waals surface area contributed by atoms with E-state index in [1.807, 2.05) is 0 Å². The molecule has 0 aromatic carbocycles. The van der Waals surface area contributed by atoms with Gasteiger partial charge in [-0.15, -0.1) is 23.1 Å². The molecular weight excluding hydrogens is 555 g/mol. The van der Waals surface area contributed by atoms with Gasteiger partial charge in [0.2, 0.25) is 6.41 Å². The van der Waals surface area contributed by atoms with Crippen LogP contribution in [0.2, 0.25) is 0 Å². The van der Waals surface area contributed by atoms with Crippen molar-refractivity contribution in [3.63, 3.8) is 0 Å². The van der Waals surface area contributed by atoms with Gasteiger partial charge in [0.25, 0.3) is 11.8 Å². The lowest BCUT2D eigenvalue weighted by molar-refractivity contribution is -0.150. The van der Waals surface area contributed by atoms with Gasteiger partial charge in [-0.3, -0.25) is 19.3 Å². The zero-order valence-electron chi connectivity index (χ0n) is 18.2. The molecule has 0 spiro atoms. The number of β-lactam (4-membered cyclic amide) rings is 1. The molecule has 0 aliphatic carbocycles. The van der Waals surface area contributed by atoms with Crippen molar-refractivity contribution in [1.29, 1.82) is 0 Å². The number of aliphatic carboxylic acids is 1. The zero-order valence-corrected chi connectivity index (χ0v) is 21.5. The second-order valence-electron chi connectivity index (χ2n) is 6.96. The fourth-order valence-corrected chi connectivity index (χ4v) is 7.07. The van der Waals surface area contributed by atoms with Crippen molar-refractivity contribution < 1.29 is 34.2 Å². The summed E-state index contributed by atoms with van der Waals surface area (Å²) in [5.74, 6) is -1.67. The van der Waals surface area contributed by atoms with Crippen LogP contribution in [0.3, 0.4) is 0 Å². The van der Waals surface area contributed by atoms with E-state index in [0.29, 0.717) is 22.1 Å². The number of fused-ring (bicyclic) bond motifs is 1. The highest BCUT2D eigenvalue weighted by molar-refractivity contribution is 8.01. The molecule has 0 saturated carbocycles. The van der Waals surface area contributed by atoms with E-state index in [0.717, 1.165) is 22.9 Å². The zero-order chi connectivity index (χ0) is 25.8. The Kier molecular flexibility index (Phi) is 8.19. The fourth-order valence-electron chi connectivity index (χ4n) is 3.31. The van der Waals surface area contributed by atoms with Gasteiger partial charge in [-0.25, -0.2) is 14.8 Å². The molecule has 3 amide bonds. The van der Waals surface area contributed by atoms with Crippen LogP contribution in [0.15, 0.2) is 26.1 Å². The molecule has 2 aliphatic heterocycles. The van der Waals surface area contributed by atoms with E-state index in [9.17, 15) is 24.3 Å². The second-order valence-corrected chi connectivity index (χ2v) is 10.9. The van der Waals surface area contributed by atoms with Crippen molar-refractivity contribution in [1.82, 2.24) is 24.6 Å². The Morgan fingerprint density at radius 2 is 2.22 bits per heavy atom. The summed E-state index contributed by atoms with van der Waals surface area (Å²) in [6.07, 6.45) is 0.443. The van der Waals surface area contributed by atoms with Crippen molar-refractivity contribution >= 4 is 81.4 Å². The maximum absolute atomic E-state index is 12.9. The van der Waals surface area contributed by atoms with Crippen LogP contribution in [-0.4, -0.2) is 89.4 Å². The fraction of sp³-hybridized carbons (Fsp3) is 0.333. The van der Waals surface area contributed by atoms with Crippen molar-refractivity contribution in [2.24, 2.45) is 5.16 Å². The lowest BCUT2D eigenvalue weighted by atomic mass is 10.0. The Morgan fingerprint density at radius 1 is 1.42 bits per heavy atom. The maximum Gasteiger partial charge on any atom is 0.352 e. The van der Waals surface area contributed by atoms with Gasteiger partial charge in [-0.1, -0.05) is 16.9 Å². The molecule has 2 aromatic heterocycles. The number of aromatic nitrogens is 3. The van der Waals surface area contributed by atoms with Crippen molar-refractivity contribution in [2.45, 2.75) is 22.4 Å². The normalized spacial score (nSPS) is 19.4. The Labute approximate surface area is 219 Å². The molecule has 2 aromatic rings. The molecule has 2 atom stereocenters. The molecule has 190 valence electrons. The number of nitrogens with one attached hydrogen (secondary N) is 2. The number of hydrogen-bond donors (Lipinski definition) is 4. The number of carboxylic acid groups (broad SMARTS) is 1. The number of carboxylic acids is 1. The number of rotatable bonds is 11. The molecule has 36 heavy (non-hydrogen) atoms. The van der Waals surface area contributed by atoms with Crippen LogP contribution in [0.25, 0.3) is 0 Å². The highest BCUT2D eigenvalue weighted by atomic mass is 32.2. The van der Waals surface area contributed by atoms with Gasteiger partial charge >= 0.3 is 5.97 Å². The molecule has 1 unspecified atom stereocenters. The van der Waals surface area contributed by atoms with Gasteiger partial charge < -0.3 is 25.7 Å². The summed E-state index contributed by atoms with van der Waals surface area (Å²) in [6, 6.07) is -0.977. The Bertz CT molecular complexity index is 1260. The number of thiazole rings is 1. The molecule has 1 saturated heterocycles. The third-order valence-electron chi connectivity index (χ3n) is 4.82. The first kappa shape index (κ1) is 26.0. The number of oxime groups is 1. The largest absolute Gasteiger partial charge is 0.477 e. The molecule has 4 N–H and O–H groups in total. The number of hydrogen-bond acceptors (Lipinski definition) is 14. The maximum atomic E-state index is 12.9. The SMILES string of the molecule is CON=C(C(=O)NC1C(=O)N2C(C(=O)O)=C(CSc3nc(CO)ns3)CS[C@H]12)c1csc(NC=O)n1. The van der Waals surface area contributed by atoms with Gasteiger partial charge in [-0.05, 0) is 17.1 Å². The quantitative estimate of drug-likeness (QED) is 0.0923. The highest BCUT2D eigenvalue weighted by Gasteiger charge is 2.54. The van der Waals surface area contributed by atoms with Crippen molar-refractivity contribution in [2.75, 3.05) is 23.9 Å². The summed E-state index contributed by atoms with van der Waals surface area (Å²) in [6.45, 7) is -0.289. The van der Waals surface area contributed by atoms with Crippen LogP contribution in [0.5, 0.6) is 0 Å². The average molecular weight is 572 g/mol. The first-order valence-electron chi connectivity index (χ1n) is 9.92. The molecule has 18 heteroatoms. The van der Waals surface area contributed by atoms with Crippen LogP contribution < -0.4 is 10.6 Å². The number of nitrogens with zero attached hydrogens (tertiary/aromatic N) is 5. The van der Waals surface area contributed by atoms with E-state index in [1.54, 1.807) is 0 Å². The highest BCUT2D eigenvalue weighted by Crippen LogP contribution is 2.41. The van der Waals surface area contributed by atoms with Crippen molar-refractivity contribution in [3.8, 4) is 0 Å². The minimum absolute atomic E-state index is 0.122. The molecule has 0 bridgehead atoms. The minimum Gasteiger partial charge on any atom is -0.477 e. The first-order chi connectivity index (χ1) is 17.4. The first-order valence-corrected chi connectivity index (χ1v) is 13.6. The number of amides is 3. The molecule has 1 fully saturated rings. The number of aliphatic hydroxyl groups is 1.